The molecule has 0 aromatic carbocycles. The molecule has 0 bridgehead atoms. The molecule has 0 amide bonds. The largest absolute Gasteiger partial charge is 0.525 e. The Balaban J connectivity index is 5.22. The van der Waals surface area contributed by atoms with E-state index in [-0.39, 0.29) is 0 Å². The number of aliphatic hydroxyl groups is 1. The Morgan fingerprint density at radius 3 is 1.81 bits per heavy atom. The summed E-state index contributed by atoms with van der Waals surface area (Å²) in [5, 5.41) is 8.32. The number of halogens is 8. The van der Waals surface area contributed by atoms with Crippen LogP contribution < -0.4 is 0 Å². The number of hydrogen-bond acceptors (Lipinski definition) is 2. The maximum absolute atomic E-state index is 13.0. The quantitative estimate of drug-likeness (QED) is 0.613. The second kappa shape index (κ2) is 5.04. The van der Waals surface area contributed by atoms with Crippen LogP contribution >= 0.6 is 22.6 Å². The van der Waals surface area contributed by atoms with Crippen LogP contribution in [-0.2, 0) is 4.74 Å². The fourth-order valence-corrected chi connectivity index (χ4v) is 0.985. The molecule has 0 aliphatic heterocycles. The Kier molecular flexibility index (Phi) is 5.01. The molecule has 96 valence electrons. The van der Waals surface area contributed by atoms with Crippen molar-refractivity contribution in [1.29, 1.82) is 0 Å². The van der Waals surface area contributed by atoms with E-state index in [1.807, 2.05) is 0 Å². The summed E-state index contributed by atoms with van der Waals surface area (Å²) in [6.45, 7) is -1.04. The predicted molar refractivity (Wildman–Crippen MR) is 46.2 cm³/mol. The first-order chi connectivity index (χ1) is 6.91. The molecule has 0 fully saturated rings. The molecular formula is C6H4F7IO2. The average molecular weight is 368 g/mol. The van der Waals surface area contributed by atoms with Gasteiger partial charge in [-0.05, 0) is 22.6 Å². The summed E-state index contributed by atoms with van der Waals surface area (Å²) in [6.07, 6.45) is -12.2. The molecule has 0 heterocycles. The van der Waals surface area contributed by atoms with Gasteiger partial charge in [-0.1, -0.05) is 0 Å². The van der Waals surface area contributed by atoms with Crippen molar-refractivity contribution in [2.45, 2.75) is 18.4 Å². The van der Waals surface area contributed by atoms with Crippen LogP contribution in [-0.4, -0.2) is 30.1 Å². The van der Waals surface area contributed by atoms with E-state index in [0.717, 1.165) is 22.6 Å². The van der Waals surface area contributed by atoms with Gasteiger partial charge in [0.1, 0.15) is 0 Å². The summed E-state index contributed by atoms with van der Waals surface area (Å²) < 4.78 is 85.4. The third-order valence-corrected chi connectivity index (χ3v) is 1.80. The Bertz CT molecular complexity index is 271. The Morgan fingerprint density at radius 1 is 1.12 bits per heavy atom. The number of hydrogen-bond donors (Lipinski definition) is 1. The van der Waals surface area contributed by atoms with Crippen molar-refractivity contribution in [3.63, 3.8) is 0 Å². The number of rotatable bonds is 3. The minimum atomic E-state index is -5.91. The highest BCUT2D eigenvalue weighted by molar-refractivity contribution is 14.1. The van der Waals surface area contributed by atoms with Gasteiger partial charge in [0, 0.05) is 9.66 Å². The van der Waals surface area contributed by atoms with Gasteiger partial charge in [0.05, 0.1) is 6.61 Å². The van der Waals surface area contributed by atoms with Gasteiger partial charge in [-0.25, -0.2) is 4.74 Å². The summed E-state index contributed by atoms with van der Waals surface area (Å²) in [7, 11) is 0. The Labute approximate surface area is 98.2 Å². The molecule has 1 atom stereocenters. The second-order valence-corrected chi connectivity index (χ2v) is 3.83. The highest BCUT2D eigenvalue weighted by Crippen LogP contribution is 2.41. The van der Waals surface area contributed by atoms with Crippen LogP contribution in [0.2, 0.25) is 0 Å². The zero-order valence-corrected chi connectivity index (χ0v) is 9.32. The van der Waals surface area contributed by atoms with Gasteiger partial charge in [0.2, 0.25) is 0 Å². The van der Waals surface area contributed by atoms with Crippen molar-refractivity contribution in [3.05, 3.63) is 9.66 Å². The van der Waals surface area contributed by atoms with E-state index in [4.69, 9.17) is 5.11 Å². The lowest BCUT2D eigenvalue weighted by atomic mass is 10.2. The first-order valence-electron chi connectivity index (χ1n) is 3.42. The third kappa shape index (κ3) is 4.82. The minimum absolute atomic E-state index is 0.485. The molecule has 0 saturated carbocycles. The zero-order valence-electron chi connectivity index (χ0n) is 7.16. The van der Waals surface area contributed by atoms with Crippen LogP contribution in [0.4, 0.5) is 30.7 Å². The van der Waals surface area contributed by atoms with E-state index in [0.29, 0.717) is 0 Å². The standard InChI is InChI=1S/C6H4F7IO2/c7-4(5(8,9)10,1-3(14)2-15)16-6(11,12)13/h1,15H,2H2/b3-1+. The predicted octanol–water partition coefficient (Wildman–Crippen LogP) is 3.06. The molecule has 2 nitrogen and oxygen atoms in total. The van der Waals surface area contributed by atoms with Gasteiger partial charge in [0.15, 0.2) is 0 Å². The lowest BCUT2D eigenvalue weighted by molar-refractivity contribution is -0.432. The smallest absolute Gasteiger partial charge is 0.391 e. The molecule has 0 aliphatic carbocycles. The monoisotopic (exact) mass is 368 g/mol. The van der Waals surface area contributed by atoms with Gasteiger partial charge in [-0.3, -0.25) is 0 Å². The summed E-state index contributed by atoms with van der Waals surface area (Å²) in [4.78, 5) is 0. The third-order valence-electron chi connectivity index (χ3n) is 1.14. The topological polar surface area (TPSA) is 29.5 Å². The van der Waals surface area contributed by atoms with Gasteiger partial charge >= 0.3 is 18.4 Å². The lowest BCUT2D eigenvalue weighted by Crippen LogP contribution is -2.45. The first-order valence-corrected chi connectivity index (χ1v) is 4.50. The van der Waals surface area contributed by atoms with Crippen LogP contribution in [0.25, 0.3) is 0 Å². The number of alkyl halides is 7. The molecule has 0 aliphatic rings. The van der Waals surface area contributed by atoms with Gasteiger partial charge in [0.25, 0.3) is 0 Å². The van der Waals surface area contributed by atoms with Crippen molar-refractivity contribution >= 4 is 22.6 Å². The van der Waals surface area contributed by atoms with E-state index in [1.54, 1.807) is 0 Å². The number of aliphatic hydroxyl groups excluding tert-OH is 1. The normalized spacial score (nSPS) is 18.4. The van der Waals surface area contributed by atoms with Crippen LogP contribution in [0.15, 0.2) is 9.66 Å². The molecular weight excluding hydrogens is 364 g/mol. The molecule has 0 spiro atoms. The van der Waals surface area contributed by atoms with E-state index < -0.39 is 34.7 Å². The molecule has 0 aromatic rings. The Morgan fingerprint density at radius 2 is 1.56 bits per heavy atom. The van der Waals surface area contributed by atoms with Gasteiger partial charge < -0.3 is 5.11 Å². The fourth-order valence-electron chi connectivity index (χ4n) is 0.585. The molecule has 0 radical (unpaired) electrons. The lowest BCUT2D eigenvalue weighted by Gasteiger charge is -2.25. The molecule has 10 heteroatoms. The van der Waals surface area contributed by atoms with E-state index in [2.05, 4.69) is 4.74 Å². The number of ether oxygens (including phenoxy) is 1. The van der Waals surface area contributed by atoms with Crippen LogP contribution in [0.3, 0.4) is 0 Å². The van der Waals surface area contributed by atoms with Crippen molar-refractivity contribution in [1.82, 2.24) is 0 Å². The summed E-state index contributed by atoms with van der Waals surface area (Å²) >= 11 is 1.05. The maximum Gasteiger partial charge on any atom is 0.525 e. The highest BCUT2D eigenvalue weighted by Gasteiger charge is 2.61. The van der Waals surface area contributed by atoms with E-state index in [1.165, 1.54) is 0 Å². The van der Waals surface area contributed by atoms with Crippen molar-refractivity contribution in [2.24, 2.45) is 0 Å². The van der Waals surface area contributed by atoms with Crippen LogP contribution in [0.5, 0.6) is 0 Å². The van der Waals surface area contributed by atoms with E-state index in [9.17, 15) is 30.7 Å². The molecule has 16 heavy (non-hydrogen) atoms. The van der Waals surface area contributed by atoms with Gasteiger partial charge in [-0.2, -0.15) is 17.6 Å². The maximum atomic E-state index is 13.0. The Hall–Kier alpha value is -0.100. The zero-order chi connectivity index (χ0) is 13.2. The first kappa shape index (κ1) is 15.9. The summed E-state index contributed by atoms with van der Waals surface area (Å²) in [5.74, 6) is -5.01. The minimum Gasteiger partial charge on any atom is -0.391 e. The SMILES string of the molecule is OC/C(I)=C\C(F)(OC(F)(F)F)C(F)(F)F. The second-order valence-electron chi connectivity index (χ2n) is 2.44. The van der Waals surface area contributed by atoms with Crippen LogP contribution in [0.1, 0.15) is 0 Å². The van der Waals surface area contributed by atoms with Crippen LogP contribution in [0, 0.1) is 0 Å². The molecule has 1 unspecified atom stereocenters. The van der Waals surface area contributed by atoms with Gasteiger partial charge in [-0.15, -0.1) is 13.2 Å². The van der Waals surface area contributed by atoms with Crippen molar-refractivity contribution < 1.29 is 40.6 Å². The molecule has 0 rings (SSSR count). The van der Waals surface area contributed by atoms with Crippen molar-refractivity contribution in [3.8, 4) is 0 Å². The van der Waals surface area contributed by atoms with E-state index >= 15 is 0 Å². The average Bonchev–Trinajstić information content (AvgIpc) is 1.98. The highest BCUT2D eigenvalue weighted by atomic mass is 127. The molecule has 1 N–H and O–H groups in total. The molecule has 0 aromatic heterocycles. The summed E-state index contributed by atoms with van der Waals surface area (Å²) in [6, 6.07) is 0. The molecule has 0 saturated heterocycles. The fraction of sp³-hybridized carbons (Fsp3) is 0.667. The van der Waals surface area contributed by atoms with Crippen molar-refractivity contribution in [2.75, 3.05) is 6.61 Å². The summed E-state index contributed by atoms with van der Waals surface area (Å²) in [5.41, 5.74) is 0.